The molecule has 0 aromatic rings. The summed E-state index contributed by atoms with van der Waals surface area (Å²) in [6.07, 6.45) is 2.92. The maximum absolute atomic E-state index is 11.0. The van der Waals surface area contributed by atoms with Crippen molar-refractivity contribution >= 4 is 11.7 Å². The van der Waals surface area contributed by atoms with Crippen LogP contribution in [0.1, 0.15) is 26.7 Å². The third-order valence-corrected chi connectivity index (χ3v) is 1.60. The molecule has 2 nitrogen and oxygen atoms in total. The van der Waals surface area contributed by atoms with Gasteiger partial charge in [0.05, 0.1) is 0 Å². The lowest BCUT2D eigenvalue weighted by Crippen LogP contribution is -2.09. The predicted octanol–water partition coefficient (Wildman–Crippen LogP) is 1.80. The summed E-state index contributed by atoms with van der Waals surface area (Å²) in [5, 5.41) is 6.55. The number of allylic oxidation sites excluding steroid dienone is 1. The van der Waals surface area contributed by atoms with E-state index in [0.717, 1.165) is 12.8 Å². The molecule has 56 valence electrons. The number of nitrogens with one attached hydrogen (secondary N) is 1. The van der Waals surface area contributed by atoms with E-state index in [-0.39, 0.29) is 11.7 Å². The molecule has 0 saturated carbocycles. The Bertz CT molecular complexity index is 153. The minimum atomic E-state index is 0.0278. The molecule has 2 heteroatoms. The van der Waals surface area contributed by atoms with E-state index in [0.29, 0.717) is 0 Å². The van der Waals surface area contributed by atoms with Crippen LogP contribution in [0.4, 0.5) is 0 Å². The van der Waals surface area contributed by atoms with Gasteiger partial charge in [0.2, 0.25) is 0 Å². The SMILES string of the molecule is CCC(CC)C(=O)C=C=N. The van der Waals surface area contributed by atoms with Crippen LogP contribution < -0.4 is 0 Å². The molecule has 0 fully saturated rings. The summed E-state index contributed by atoms with van der Waals surface area (Å²) in [4.78, 5) is 11.0. The minimum Gasteiger partial charge on any atom is -0.294 e. The van der Waals surface area contributed by atoms with Gasteiger partial charge in [-0.25, -0.2) is 0 Å². The largest absolute Gasteiger partial charge is 0.294 e. The highest BCUT2D eigenvalue weighted by atomic mass is 16.1. The van der Waals surface area contributed by atoms with Crippen molar-refractivity contribution in [1.29, 1.82) is 5.41 Å². The Morgan fingerprint density at radius 1 is 1.60 bits per heavy atom. The van der Waals surface area contributed by atoms with Gasteiger partial charge in [-0.15, -0.1) is 0 Å². The highest BCUT2D eigenvalue weighted by Crippen LogP contribution is 2.08. The van der Waals surface area contributed by atoms with Gasteiger partial charge in [0.15, 0.2) is 5.78 Å². The van der Waals surface area contributed by atoms with Gasteiger partial charge in [0.25, 0.3) is 0 Å². The van der Waals surface area contributed by atoms with E-state index in [1.807, 2.05) is 19.7 Å². The fraction of sp³-hybridized carbons (Fsp3) is 0.625. The summed E-state index contributed by atoms with van der Waals surface area (Å²) in [6, 6.07) is 0. The molecule has 0 heterocycles. The molecule has 0 saturated heterocycles. The van der Waals surface area contributed by atoms with Crippen LogP contribution in [0, 0.1) is 11.3 Å². The fourth-order valence-electron chi connectivity index (χ4n) is 0.880. The van der Waals surface area contributed by atoms with Crippen LogP contribution in [-0.4, -0.2) is 11.7 Å². The summed E-state index contributed by atoms with van der Waals surface area (Å²) in [5.41, 5.74) is 0. The molecule has 0 bridgehead atoms. The lowest BCUT2D eigenvalue weighted by atomic mass is 9.98. The van der Waals surface area contributed by atoms with Crippen LogP contribution in [-0.2, 0) is 4.79 Å². The summed E-state index contributed by atoms with van der Waals surface area (Å²) in [7, 11) is 0. The van der Waals surface area contributed by atoms with E-state index in [2.05, 4.69) is 0 Å². The Morgan fingerprint density at radius 3 is 2.40 bits per heavy atom. The van der Waals surface area contributed by atoms with Gasteiger partial charge in [-0.05, 0) is 18.7 Å². The van der Waals surface area contributed by atoms with Crippen LogP contribution in [0.25, 0.3) is 0 Å². The average Bonchev–Trinajstić information content (AvgIpc) is 1.91. The van der Waals surface area contributed by atoms with Crippen LogP contribution in [0.3, 0.4) is 0 Å². The lowest BCUT2D eigenvalue weighted by molar-refractivity contribution is -0.118. The van der Waals surface area contributed by atoms with Crippen LogP contribution in [0.5, 0.6) is 0 Å². The van der Waals surface area contributed by atoms with Crippen LogP contribution in [0.15, 0.2) is 6.08 Å². The Labute approximate surface area is 61.5 Å². The second-order valence-corrected chi connectivity index (χ2v) is 2.20. The number of hydrogen-bond acceptors (Lipinski definition) is 2. The van der Waals surface area contributed by atoms with Crippen molar-refractivity contribution in [2.45, 2.75) is 26.7 Å². The van der Waals surface area contributed by atoms with Gasteiger partial charge in [-0.2, -0.15) is 0 Å². The first-order valence-electron chi connectivity index (χ1n) is 3.55. The number of carbonyl (C=O) groups is 1. The average molecular weight is 139 g/mol. The Morgan fingerprint density at radius 2 is 2.10 bits per heavy atom. The van der Waals surface area contributed by atoms with Crippen molar-refractivity contribution in [1.82, 2.24) is 0 Å². The van der Waals surface area contributed by atoms with Gasteiger partial charge < -0.3 is 0 Å². The number of ketones is 1. The molecule has 0 rings (SSSR count). The summed E-state index contributed by atoms with van der Waals surface area (Å²) >= 11 is 0. The lowest BCUT2D eigenvalue weighted by Gasteiger charge is -2.04. The van der Waals surface area contributed by atoms with Gasteiger partial charge in [0.1, 0.15) is 0 Å². The summed E-state index contributed by atoms with van der Waals surface area (Å²) < 4.78 is 0. The molecule has 0 aliphatic carbocycles. The van der Waals surface area contributed by atoms with Crippen molar-refractivity contribution in [3.05, 3.63) is 6.08 Å². The monoisotopic (exact) mass is 139 g/mol. The molecule has 0 atom stereocenters. The highest BCUT2D eigenvalue weighted by Gasteiger charge is 2.09. The molecule has 0 aliphatic rings. The third kappa shape index (κ3) is 2.60. The normalized spacial score (nSPS) is 9.10. The highest BCUT2D eigenvalue weighted by molar-refractivity contribution is 5.97. The number of rotatable bonds is 4. The smallest absolute Gasteiger partial charge is 0.167 e. The molecule has 0 aromatic carbocycles. The van der Waals surface area contributed by atoms with Crippen molar-refractivity contribution in [2.24, 2.45) is 5.92 Å². The summed E-state index contributed by atoms with van der Waals surface area (Å²) in [6.45, 7) is 3.95. The van der Waals surface area contributed by atoms with Gasteiger partial charge in [-0.1, -0.05) is 13.8 Å². The Hall–Kier alpha value is -0.880. The third-order valence-electron chi connectivity index (χ3n) is 1.60. The molecule has 0 spiro atoms. The van der Waals surface area contributed by atoms with Crippen molar-refractivity contribution < 1.29 is 4.79 Å². The quantitative estimate of drug-likeness (QED) is 0.468. The zero-order valence-electron chi connectivity index (χ0n) is 6.48. The first-order chi connectivity index (χ1) is 4.76. The predicted molar refractivity (Wildman–Crippen MR) is 41.4 cm³/mol. The van der Waals surface area contributed by atoms with E-state index in [1.54, 1.807) is 0 Å². The van der Waals surface area contributed by atoms with E-state index in [1.165, 1.54) is 6.08 Å². The molecular formula is C8H13NO. The van der Waals surface area contributed by atoms with Gasteiger partial charge in [-0.3, -0.25) is 10.2 Å². The molecule has 0 aliphatic heterocycles. The molecule has 1 N–H and O–H groups in total. The minimum absolute atomic E-state index is 0.0278. The zero-order valence-corrected chi connectivity index (χ0v) is 6.48. The molecule has 0 unspecified atom stereocenters. The Kier molecular flexibility index (Phi) is 4.51. The first kappa shape index (κ1) is 9.12. The second kappa shape index (κ2) is 4.95. The zero-order chi connectivity index (χ0) is 7.98. The topological polar surface area (TPSA) is 40.9 Å². The maximum Gasteiger partial charge on any atom is 0.167 e. The van der Waals surface area contributed by atoms with Crippen molar-refractivity contribution in [2.75, 3.05) is 0 Å². The van der Waals surface area contributed by atoms with Crippen LogP contribution in [0.2, 0.25) is 0 Å². The second-order valence-electron chi connectivity index (χ2n) is 2.20. The summed E-state index contributed by atoms with van der Waals surface area (Å²) in [5.74, 6) is 2.12. The maximum atomic E-state index is 11.0. The van der Waals surface area contributed by atoms with Gasteiger partial charge in [0, 0.05) is 12.0 Å². The Balaban J connectivity index is 4.01. The molecule has 0 radical (unpaired) electrons. The standard InChI is InChI=1S/C8H13NO/c1-3-7(4-2)8(10)5-6-9/h5,7,9H,3-4H2,1-2H3. The number of carbonyl (C=O) groups excluding carboxylic acids is 1. The molecule has 0 aromatic heterocycles. The van der Waals surface area contributed by atoms with Crippen molar-refractivity contribution in [3.63, 3.8) is 0 Å². The van der Waals surface area contributed by atoms with E-state index < -0.39 is 0 Å². The molecule has 10 heavy (non-hydrogen) atoms. The molecule has 0 amide bonds. The molecular weight excluding hydrogens is 126 g/mol. The van der Waals surface area contributed by atoms with E-state index >= 15 is 0 Å². The fourth-order valence-corrected chi connectivity index (χ4v) is 0.880. The first-order valence-corrected chi connectivity index (χ1v) is 3.55. The van der Waals surface area contributed by atoms with Crippen LogP contribution >= 0.6 is 0 Å². The van der Waals surface area contributed by atoms with Gasteiger partial charge >= 0.3 is 0 Å². The number of hydrogen-bond donors (Lipinski definition) is 1. The van der Waals surface area contributed by atoms with E-state index in [4.69, 9.17) is 5.41 Å². The van der Waals surface area contributed by atoms with Crippen molar-refractivity contribution in [3.8, 4) is 0 Å². The van der Waals surface area contributed by atoms with E-state index in [9.17, 15) is 4.79 Å².